The Labute approximate surface area is 89.6 Å². The molecule has 78 valence electrons. The number of piperazine rings is 1. The van der Waals surface area contributed by atoms with Crippen molar-refractivity contribution in [2.24, 2.45) is 7.05 Å². The zero-order valence-electron chi connectivity index (χ0n) is 8.46. The van der Waals surface area contributed by atoms with Crippen LogP contribution < -0.4 is 5.32 Å². The van der Waals surface area contributed by atoms with E-state index >= 15 is 0 Å². The molecule has 3 nitrogen and oxygen atoms in total. The molecule has 1 fully saturated rings. The second kappa shape index (κ2) is 4.34. The molecule has 0 spiro atoms. The van der Waals surface area contributed by atoms with E-state index in [0.717, 1.165) is 37.9 Å². The molecule has 0 radical (unpaired) electrons. The topological polar surface area (TPSA) is 20.2 Å². The molecule has 0 unspecified atom stereocenters. The molecule has 1 aromatic heterocycles. The smallest absolute Gasteiger partial charge is 0.108 e. The van der Waals surface area contributed by atoms with E-state index in [9.17, 15) is 0 Å². The lowest BCUT2D eigenvalue weighted by molar-refractivity contribution is 0.233. The van der Waals surface area contributed by atoms with Crippen LogP contribution in [-0.4, -0.2) is 35.6 Å². The number of aromatic nitrogens is 1. The Bertz CT molecular complexity index is 283. The summed E-state index contributed by atoms with van der Waals surface area (Å²) in [5.74, 6) is 0. The highest BCUT2D eigenvalue weighted by atomic mass is 35.5. The van der Waals surface area contributed by atoms with E-state index in [2.05, 4.69) is 16.4 Å². The Morgan fingerprint density at radius 3 is 2.71 bits per heavy atom. The average molecular weight is 214 g/mol. The number of hydrogen-bond acceptors (Lipinski definition) is 2. The van der Waals surface area contributed by atoms with Gasteiger partial charge in [-0.2, -0.15) is 0 Å². The fourth-order valence-corrected chi connectivity index (χ4v) is 2.01. The van der Waals surface area contributed by atoms with Crippen molar-refractivity contribution in [3.8, 4) is 0 Å². The minimum Gasteiger partial charge on any atom is -0.342 e. The minimum absolute atomic E-state index is 0.815. The first kappa shape index (κ1) is 10.0. The SMILES string of the molecule is Cn1cc(CN2CCNCC2)cc1Cl. The molecular weight excluding hydrogens is 198 g/mol. The quantitative estimate of drug-likeness (QED) is 0.794. The monoisotopic (exact) mass is 213 g/mol. The van der Waals surface area contributed by atoms with Crippen LogP contribution in [0, 0.1) is 0 Å². The molecule has 0 atom stereocenters. The van der Waals surface area contributed by atoms with Gasteiger partial charge in [0.2, 0.25) is 0 Å². The lowest BCUT2D eigenvalue weighted by Crippen LogP contribution is -2.42. The Kier molecular flexibility index (Phi) is 3.11. The summed E-state index contributed by atoms with van der Waals surface area (Å²) in [6, 6.07) is 2.05. The first-order valence-corrected chi connectivity index (χ1v) is 5.37. The lowest BCUT2D eigenvalue weighted by atomic mass is 10.3. The van der Waals surface area contributed by atoms with Gasteiger partial charge in [-0.05, 0) is 11.6 Å². The molecule has 0 aromatic carbocycles. The van der Waals surface area contributed by atoms with Gasteiger partial charge in [-0.1, -0.05) is 11.6 Å². The Hall–Kier alpha value is -0.510. The molecule has 0 aliphatic carbocycles. The lowest BCUT2D eigenvalue weighted by Gasteiger charge is -2.26. The summed E-state index contributed by atoms with van der Waals surface area (Å²) in [4.78, 5) is 2.45. The molecule has 2 heterocycles. The first-order valence-electron chi connectivity index (χ1n) is 4.99. The summed E-state index contributed by atoms with van der Waals surface area (Å²) < 4.78 is 1.96. The van der Waals surface area contributed by atoms with Gasteiger partial charge in [-0.3, -0.25) is 4.90 Å². The van der Waals surface area contributed by atoms with Crippen LogP contribution in [0.25, 0.3) is 0 Å². The van der Waals surface area contributed by atoms with Crippen molar-refractivity contribution in [3.63, 3.8) is 0 Å². The predicted molar refractivity (Wildman–Crippen MR) is 58.6 cm³/mol. The maximum absolute atomic E-state index is 5.98. The third kappa shape index (κ3) is 2.29. The molecule has 1 aliphatic heterocycles. The van der Waals surface area contributed by atoms with Crippen molar-refractivity contribution in [1.82, 2.24) is 14.8 Å². The molecule has 1 saturated heterocycles. The van der Waals surface area contributed by atoms with E-state index in [-0.39, 0.29) is 0 Å². The van der Waals surface area contributed by atoms with Crippen LogP contribution in [-0.2, 0) is 13.6 Å². The molecule has 0 bridgehead atoms. The van der Waals surface area contributed by atoms with Crippen LogP contribution in [0.1, 0.15) is 5.56 Å². The average Bonchev–Trinajstić information content (AvgIpc) is 2.47. The van der Waals surface area contributed by atoms with Gasteiger partial charge in [-0.15, -0.1) is 0 Å². The van der Waals surface area contributed by atoms with Crippen LogP contribution in [0.2, 0.25) is 5.15 Å². The molecule has 14 heavy (non-hydrogen) atoms. The second-order valence-corrected chi connectivity index (χ2v) is 4.20. The Balaban J connectivity index is 1.95. The van der Waals surface area contributed by atoms with Crippen molar-refractivity contribution in [1.29, 1.82) is 0 Å². The van der Waals surface area contributed by atoms with Crippen LogP contribution in [0.5, 0.6) is 0 Å². The van der Waals surface area contributed by atoms with Crippen molar-refractivity contribution in [3.05, 3.63) is 23.0 Å². The Morgan fingerprint density at radius 1 is 1.43 bits per heavy atom. The zero-order valence-corrected chi connectivity index (χ0v) is 9.22. The number of nitrogens with one attached hydrogen (secondary N) is 1. The van der Waals surface area contributed by atoms with Gasteiger partial charge in [-0.25, -0.2) is 0 Å². The molecule has 2 rings (SSSR count). The third-order valence-electron chi connectivity index (χ3n) is 2.62. The molecule has 0 saturated carbocycles. The highest BCUT2D eigenvalue weighted by Crippen LogP contribution is 2.14. The van der Waals surface area contributed by atoms with Crippen molar-refractivity contribution in [2.45, 2.75) is 6.54 Å². The molecule has 1 N–H and O–H groups in total. The van der Waals surface area contributed by atoms with Gasteiger partial charge in [0.1, 0.15) is 5.15 Å². The molecule has 0 amide bonds. The van der Waals surface area contributed by atoms with Gasteiger partial charge in [0, 0.05) is 46.0 Å². The summed E-state index contributed by atoms with van der Waals surface area (Å²) in [5, 5.41) is 4.16. The van der Waals surface area contributed by atoms with Crippen molar-refractivity contribution in [2.75, 3.05) is 26.2 Å². The van der Waals surface area contributed by atoms with E-state index in [1.165, 1.54) is 5.56 Å². The molecule has 4 heteroatoms. The van der Waals surface area contributed by atoms with E-state index in [4.69, 9.17) is 11.6 Å². The van der Waals surface area contributed by atoms with Crippen LogP contribution in [0.3, 0.4) is 0 Å². The van der Waals surface area contributed by atoms with E-state index < -0.39 is 0 Å². The van der Waals surface area contributed by atoms with E-state index in [1.54, 1.807) is 0 Å². The van der Waals surface area contributed by atoms with E-state index in [1.807, 2.05) is 17.7 Å². The molecule has 1 aromatic rings. The van der Waals surface area contributed by atoms with E-state index in [0.29, 0.717) is 0 Å². The molecule has 1 aliphatic rings. The van der Waals surface area contributed by atoms with Gasteiger partial charge < -0.3 is 9.88 Å². The summed E-state index contributed by atoms with van der Waals surface area (Å²) in [7, 11) is 1.98. The van der Waals surface area contributed by atoms with Crippen LogP contribution >= 0.6 is 11.6 Å². The summed E-state index contributed by atoms with van der Waals surface area (Å²) in [5.41, 5.74) is 1.31. The maximum atomic E-state index is 5.98. The summed E-state index contributed by atoms with van der Waals surface area (Å²) in [6.45, 7) is 5.47. The third-order valence-corrected chi connectivity index (χ3v) is 2.99. The number of hydrogen-bond donors (Lipinski definition) is 1. The van der Waals surface area contributed by atoms with Gasteiger partial charge >= 0.3 is 0 Å². The predicted octanol–water partition coefficient (Wildman–Crippen LogP) is 1.08. The summed E-state index contributed by atoms with van der Waals surface area (Å²) in [6.07, 6.45) is 2.10. The highest BCUT2D eigenvalue weighted by Gasteiger charge is 2.10. The normalized spacial score (nSPS) is 18.7. The number of nitrogens with zero attached hydrogens (tertiary/aromatic N) is 2. The molecular formula is C10H16ClN3. The minimum atomic E-state index is 0.815. The fraction of sp³-hybridized carbons (Fsp3) is 0.600. The standard InChI is InChI=1S/C10H16ClN3/c1-13-7-9(6-10(13)11)8-14-4-2-12-3-5-14/h6-7,12H,2-5,8H2,1H3. The maximum Gasteiger partial charge on any atom is 0.108 e. The largest absolute Gasteiger partial charge is 0.342 e. The van der Waals surface area contributed by atoms with Crippen LogP contribution in [0.15, 0.2) is 12.3 Å². The fourth-order valence-electron chi connectivity index (χ4n) is 1.82. The van der Waals surface area contributed by atoms with Crippen LogP contribution in [0.4, 0.5) is 0 Å². The van der Waals surface area contributed by atoms with Crippen molar-refractivity contribution >= 4 is 11.6 Å². The first-order chi connectivity index (χ1) is 6.75. The summed E-state index contributed by atoms with van der Waals surface area (Å²) >= 11 is 5.98. The van der Waals surface area contributed by atoms with Gasteiger partial charge in [0.15, 0.2) is 0 Å². The Morgan fingerprint density at radius 2 is 2.14 bits per heavy atom. The second-order valence-electron chi connectivity index (χ2n) is 3.81. The van der Waals surface area contributed by atoms with Crippen molar-refractivity contribution < 1.29 is 0 Å². The number of rotatable bonds is 2. The highest BCUT2D eigenvalue weighted by molar-refractivity contribution is 6.29. The van der Waals surface area contributed by atoms with Gasteiger partial charge in [0.05, 0.1) is 0 Å². The number of aryl methyl sites for hydroxylation is 1. The number of halogens is 1. The zero-order chi connectivity index (χ0) is 9.97. The van der Waals surface area contributed by atoms with Gasteiger partial charge in [0.25, 0.3) is 0 Å².